The summed E-state index contributed by atoms with van der Waals surface area (Å²) in [5, 5.41) is 0. The predicted molar refractivity (Wildman–Crippen MR) is 39.7 cm³/mol. The van der Waals surface area contributed by atoms with Crippen molar-refractivity contribution in [2.24, 2.45) is 5.73 Å². The first-order valence-electron chi connectivity index (χ1n) is 3.04. The van der Waals surface area contributed by atoms with Crippen LogP contribution in [0, 0.1) is 5.82 Å². The van der Waals surface area contributed by atoms with Crippen LogP contribution in [-0.2, 0) is 6.54 Å². The molecule has 1 aromatic rings. The largest absolute Gasteiger partial charge is 1.00 e. The van der Waals surface area contributed by atoms with Crippen molar-refractivity contribution in [3.05, 3.63) is 29.6 Å². The maximum absolute atomic E-state index is 12.7. The summed E-state index contributed by atoms with van der Waals surface area (Å²) in [6.45, 7) is 0.276. The molecule has 0 radical (unpaired) electrons. The van der Waals surface area contributed by atoms with Crippen molar-refractivity contribution in [1.29, 1.82) is 0 Å². The van der Waals surface area contributed by atoms with Gasteiger partial charge in [-0.05, 0) is 0 Å². The summed E-state index contributed by atoms with van der Waals surface area (Å²) in [5.74, 6) is -0.210. The second kappa shape index (κ2) is 5.08. The van der Waals surface area contributed by atoms with E-state index >= 15 is 0 Å². The van der Waals surface area contributed by atoms with E-state index in [0.29, 0.717) is 5.56 Å². The molecular weight excluding hydrogens is 221 g/mol. The molecule has 0 aliphatic carbocycles. The van der Waals surface area contributed by atoms with Gasteiger partial charge in [0.1, 0.15) is 0 Å². The van der Waals surface area contributed by atoms with Gasteiger partial charge in [-0.2, -0.15) is 0 Å². The molecule has 0 heterocycles. The maximum atomic E-state index is 12.7. The molecule has 0 saturated heterocycles. The van der Waals surface area contributed by atoms with E-state index in [-0.39, 0.29) is 29.3 Å². The number of hydrogen-bond donors (Lipinski definition) is 1. The minimum atomic E-state index is -0.210. The summed E-state index contributed by atoms with van der Waals surface area (Å²) in [5.41, 5.74) is 5.87. The third kappa shape index (κ3) is 3.07. The van der Waals surface area contributed by atoms with Gasteiger partial charge >= 0.3 is 71.7 Å². The van der Waals surface area contributed by atoms with Crippen molar-refractivity contribution >= 4 is 25.4 Å². The molecule has 1 aromatic carbocycles. The van der Waals surface area contributed by atoms with Crippen LogP contribution in [0.2, 0.25) is 0 Å². The van der Waals surface area contributed by atoms with Gasteiger partial charge in [0, 0.05) is 0 Å². The van der Waals surface area contributed by atoms with Crippen molar-refractivity contribution in [3.63, 3.8) is 0 Å². The Kier molecular flexibility index (Phi) is 5.25. The van der Waals surface area contributed by atoms with E-state index in [1.165, 1.54) is 6.07 Å². The molecule has 0 aliphatic rings. The monoisotopic (exact) mass is 227 g/mol. The smallest absolute Gasteiger partial charge is 1.00 e. The SMILES string of the molecule is NCc1c[c]([Mg+])ccc1F.[Br-]. The van der Waals surface area contributed by atoms with Crippen molar-refractivity contribution in [2.45, 2.75) is 6.54 Å². The zero-order valence-corrected chi connectivity index (χ0v) is 8.98. The zero-order chi connectivity index (χ0) is 7.56. The topological polar surface area (TPSA) is 26.0 Å². The van der Waals surface area contributed by atoms with E-state index in [0.717, 1.165) is 3.69 Å². The minimum absolute atomic E-state index is 0. The van der Waals surface area contributed by atoms with Crippen molar-refractivity contribution in [3.8, 4) is 0 Å². The third-order valence-electron chi connectivity index (χ3n) is 1.33. The molecule has 1 nitrogen and oxygen atoms in total. The molecule has 0 unspecified atom stereocenters. The Bertz CT molecular complexity index is 242. The average molecular weight is 228 g/mol. The molecule has 0 amide bonds. The summed E-state index contributed by atoms with van der Waals surface area (Å²) in [4.78, 5) is 0. The normalized spacial score (nSPS) is 9.09. The summed E-state index contributed by atoms with van der Waals surface area (Å²) < 4.78 is 13.8. The molecule has 0 bridgehead atoms. The quantitative estimate of drug-likeness (QED) is 0.512. The van der Waals surface area contributed by atoms with Crippen LogP contribution in [0.4, 0.5) is 4.39 Å². The molecule has 0 atom stereocenters. The summed E-state index contributed by atoms with van der Waals surface area (Å²) in [6, 6.07) is 4.96. The molecule has 1 rings (SSSR count). The van der Waals surface area contributed by atoms with Gasteiger partial charge in [-0.15, -0.1) is 0 Å². The summed E-state index contributed by atoms with van der Waals surface area (Å²) in [7, 11) is 0. The first-order valence-corrected chi connectivity index (χ1v) is 3.75. The fourth-order valence-corrected chi connectivity index (χ4v) is 1.15. The van der Waals surface area contributed by atoms with Crippen molar-refractivity contribution in [1.82, 2.24) is 0 Å². The Balaban J connectivity index is 0.000001000. The van der Waals surface area contributed by atoms with Gasteiger partial charge in [0.15, 0.2) is 0 Å². The first kappa shape index (κ1) is 11.4. The number of halogens is 2. The molecule has 56 valence electrons. The number of rotatable bonds is 1. The zero-order valence-electron chi connectivity index (χ0n) is 5.98. The molecule has 0 aliphatic heterocycles. The second-order valence-corrected chi connectivity index (χ2v) is 2.95. The Hall–Kier alpha value is 0.356. The van der Waals surface area contributed by atoms with Crippen LogP contribution >= 0.6 is 0 Å². The van der Waals surface area contributed by atoms with Crippen molar-refractivity contribution < 1.29 is 21.4 Å². The Labute approximate surface area is 88.4 Å². The van der Waals surface area contributed by atoms with Gasteiger partial charge in [0.25, 0.3) is 0 Å². The Morgan fingerprint density at radius 3 is 2.55 bits per heavy atom. The van der Waals surface area contributed by atoms with E-state index in [1.807, 2.05) is 0 Å². The Morgan fingerprint density at radius 1 is 1.45 bits per heavy atom. The molecule has 0 saturated carbocycles. The van der Waals surface area contributed by atoms with E-state index in [2.05, 4.69) is 0 Å². The van der Waals surface area contributed by atoms with Gasteiger partial charge < -0.3 is 17.0 Å². The van der Waals surface area contributed by atoms with E-state index in [4.69, 9.17) is 5.73 Å². The third-order valence-corrected chi connectivity index (χ3v) is 1.77. The van der Waals surface area contributed by atoms with Crippen LogP contribution in [-0.4, -0.2) is 21.7 Å². The van der Waals surface area contributed by atoms with Crippen LogP contribution in [0.5, 0.6) is 0 Å². The van der Waals surface area contributed by atoms with Gasteiger partial charge in [0.2, 0.25) is 0 Å². The van der Waals surface area contributed by atoms with E-state index in [9.17, 15) is 4.39 Å². The molecule has 0 aromatic heterocycles. The van der Waals surface area contributed by atoms with Crippen LogP contribution < -0.4 is 26.4 Å². The van der Waals surface area contributed by atoms with E-state index in [1.54, 1.807) is 33.8 Å². The van der Waals surface area contributed by atoms with Gasteiger partial charge in [-0.1, -0.05) is 0 Å². The van der Waals surface area contributed by atoms with Crippen molar-refractivity contribution in [2.75, 3.05) is 0 Å². The molecular formula is C7H7BrFMgN. The first-order chi connectivity index (χ1) is 4.74. The van der Waals surface area contributed by atoms with Crippen LogP contribution in [0.25, 0.3) is 0 Å². The molecule has 11 heavy (non-hydrogen) atoms. The van der Waals surface area contributed by atoms with Gasteiger partial charge in [0.05, 0.1) is 0 Å². The summed E-state index contributed by atoms with van der Waals surface area (Å²) in [6.07, 6.45) is 0. The van der Waals surface area contributed by atoms with E-state index < -0.39 is 0 Å². The minimum Gasteiger partial charge on any atom is -1.00 e. The fourth-order valence-electron chi connectivity index (χ4n) is 0.785. The van der Waals surface area contributed by atoms with Crippen LogP contribution in [0.1, 0.15) is 5.56 Å². The van der Waals surface area contributed by atoms with Gasteiger partial charge in [-0.3, -0.25) is 0 Å². The molecule has 2 N–H and O–H groups in total. The fraction of sp³-hybridized carbons (Fsp3) is 0.143. The molecule has 4 heteroatoms. The average Bonchev–Trinajstić information content (AvgIpc) is 1.94. The Morgan fingerprint density at radius 2 is 2.09 bits per heavy atom. The second-order valence-electron chi connectivity index (χ2n) is 2.13. The molecule has 0 spiro atoms. The molecule has 0 fully saturated rings. The van der Waals surface area contributed by atoms with Crippen LogP contribution in [0.15, 0.2) is 18.2 Å². The van der Waals surface area contributed by atoms with Gasteiger partial charge in [-0.25, -0.2) is 0 Å². The standard InChI is InChI=1S/C7H7FN.BrH.Mg/c8-7-4-2-1-3-6(7)5-9;;/h2-4H,5,9H2;1H;/q;;+1/p-1. The number of benzene rings is 1. The summed E-state index contributed by atoms with van der Waals surface area (Å²) >= 11 is 1.72. The number of nitrogens with two attached hydrogens (primary N) is 1. The predicted octanol–water partition coefficient (Wildman–Crippen LogP) is -2.92. The van der Waals surface area contributed by atoms with Crippen LogP contribution in [0.3, 0.4) is 0 Å². The maximum Gasteiger partial charge on any atom is -1.00 e. The number of hydrogen-bond acceptors (Lipinski definition) is 1.